The number of halogens is 3. The summed E-state index contributed by atoms with van der Waals surface area (Å²) in [7, 11) is -4.42. The van der Waals surface area contributed by atoms with Crippen LogP contribution in [0.15, 0.2) is 59.5 Å². The summed E-state index contributed by atoms with van der Waals surface area (Å²) in [6, 6.07) is 11.3. The molecule has 1 aromatic heterocycles. The maximum absolute atomic E-state index is 13.0. The van der Waals surface area contributed by atoms with Crippen LogP contribution in [0.25, 0.3) is 10.6 Å². The average molecular weight is 499 g/mol. The van der Waals surface area contributed by atoms with Crippen LogP contribution in [0.4, 0.5) is 18.3 Å². The topological polar surface area (TPSA) is 101 Å². The van der Waals surface area contributed by atoms with Gasteiger partial charge in [0.05, 0.1) is 10.5 Å². The van der Waals surface area contributed by atoms with Crippen molar-refractivity contribution in [3.8, 4) is 10.6 Å². The van der Waals surface area contributed by atoms with E-state index < -0.39 is 44.5 Å². The minimum atomic E-state index is -4.70. The van der Waals surface area contributed by atoms with Crippen LogP contribution in [-0.4, -0.2) is 30.6 Å². The number of anilines is 1. The highest BCUT2D eigenvalue weighted by atomic mass is 32.2. The second-order valence-corrected chi connectivity index (χ2v) is 9.97. The average Bonchev–Trinajstić information content (AvgIpc) is 3.25. The Morgan fingerprint density at radius 3 is 2.42 bits per heavy atom. The molecule has 0 aliphatic carbocycles. The lowest BCUT2D eigenvalue weighted by molar-refractivity contribution is -0.137. The quantitative estimate of drug-likeness (QED) is 0.474. The zero-order valence-electron chi connectivity index (χ0n) is 17.6. The van der Waals surface area contributed by atoms with Crippen molar-refractivity contribution >= 4 is 32.4 Å². The summed E-state index contributed by atoms with van der Waals surface area (Å²) in [6.45, 7) is 3.43. The van der Waals surface area contributed by atoms with E-state index in [0.717, 1.165) is 35.1 Å². The number of benzene rings is 2. The Morgan fingerprint density at radius 2 is 1.79 bits per heavy atom. The van der Waals surface area contributed by atoms with Crippen molar-refractivity contribution in [2.24, 2.45) is 5.92 Å². The number of hydrogen-bond acceptors (Lipinski definition) is 6. The molecule has 0 bridgehead atoms. The molecule has 0 fully saturated rings. The van der Waals surface area contributed by atoms with Crippen LogP contribution in [-0.2, 0) is 21.0 Å². The number of carbonyl (C=O) groups is 1. The second kappa shape index (κ2) is 9.98. The molecule has 7 nitrogen and oxygen atoms in total. The molecule has 2 N–H and O–H groups in total. The van der Waals surface area contributed by atoms with Crippen LogP contribution in [0, 0.1) is 5.92 Å². The first-order valence-corrected chi connectivity index (χ1v) is 12.2. The number of hydrogen-bond donors (Lipinski definition) is 2. The molecule has 1 amide bonds. The van der Waals surface area contributed by atoms with Crippen LogP contribution < -0.4 is 10.0 Å². The molecule has 12 heteroatoms. The Labute approximate surface area is 193 Å². The number of nitrogens with zero attached hydrogens (tertiary/aromatic N) is 2. The largest absolute Gasteiger partial charge is 0.416 e. The van der Waals surface area contributed by atoms with Gasteiger partial charge in [-0.3, -0.25) is 10.1 Å². The van der Waals surface area contributed by atoms with Crippen molar-refractivity contribution in [2.75, 3.05) is 5.32 Å². The number of aromatic nitrogens is 2. The first kappa shape index (κ1) is 24.8. The Hall–Kier alpha value is -2.83. The Bertz CT molecular complexity index is 1210. The van der Waals surface area contributed by atoms with Gasteiger partial charge < -0.3 is 0 Å². The second-order valence-electron chi connectivity index (χ2n) is 7.28. The van der Waals surface area contributed by atoms with Crippen molar-refractivity contribution in [1.82, 2.24) is 14.9 Å². The summed E-state index contributed by atoms with van der Waals surface area (Å²) in [5.41, 5.74) is -0.295. The lowest BCUT2D eigenvalue weighted by Gasteiger charge is -2.23. The Morgan fingerprint density at radius 1 is 1.09 bits per heavy atom. The molecule has 2 aromatic carbocycles. The summed E-state index contributed by atoms with van der Waals surface area (Å²) >= 11 is 1.11. The third-order valence-corrected chi connectivity index (χ3v) is 7.25. The van der Waals surface area contributed by atoms with Crippen molar-refractivity contribution in [1.29, 1.82) is 0 Å². The molecule has 0 aliphatic heterocycles. The lowest BCUT2D eigenvalue weighted by Crippen LogP contribution is -2.47. The molecular formula is C21H21F3N4O3S2. The highest BCUT2D eigenvalue weighted by Gasteiger charge is 2.34. The van der Waals surface area contributed by atoms with Crippen molar-refractivity contribution in [2.45, 2.75) is 37.4 Å². The zero-order valence-corrected chi connectivity index (χ0v) is 19.3. The van der Waals surface area contributed by atoms with Gasteiger partial charge in [-0.15, -0.1) is 10.2 Å². The van der Waals surface area contributed by atoms with E-state index in [2.05, 4.69) is 20.2 Å². The van der Waals surface area contributed by atoms with Gasteiger partial charge >= 0.3 is 6.18 Å². The lowest BCUT2D eigenvalue weighted by atomic mass is 9.99. The number of carbonyl (C=O) groups excluding carboxylic acids is 1. The third kappa shape index (κ3) is 6.15. The van der Waals surface area contributed by atoms with E-state index in [1.165, 1.54) is 0 Å². The van der Waals surface area contributed by atoms with Crippen LogP contribution in [0.2, 0.25) is 0 Å². The zero-order chi connectivity index (χ0) is 24.2. The van der Waals surface area contributed by atoms with E-state index in [4.69, 9.17) is 0 Å². The normalized spacial score (nSPS) is 14.0. The smallest absolute Gasteiger partial charge is 0.299 e. The molecule has 0 spiro atoms. The highest BCUT2D eigenvalue weighted by Crippen LogP contribution is 2.31. The van der Waals surface area contributed by atoms with Gasteiger partial charge in [0.2, 0.25) is 21.1 Å². The highest BCUT2D eigenvalue weighted by molar-refractivity contribution is 7.89. The van der Waals surface area contributed by atoms with E-state index in [1.54, 1.807) is 13.8 Å². The maximum Gasteiger partial charge on any atom is 0.416 e. The first-order valence-electron chi connectivity index (χ1n) is 9.90. The number of nitrogens with one attached hydrogen (secondary N) is 2. The summed E-state index contributed by atoms with van der Waals surface area (Å²) in [5.74, 6) is -1.14. The molecule has 3 aromatic rings. The van der Waals surface area contributed by atoms with Crippen LogP contribution in [0.3, 0.4) is 0 Å². The minimum Gasteiger partial charge on any atom is -0.299 e. The van der Waals surface area contributed by atoms with Gasteiger partial charge in [-0.1, -0.05) is 68.0 Å². The fourth-order valence-electron chi connectivity index (χ4n) is 2.89. The third-order valence-electron chi connectivity index (χ3n) is 4.93. The summed E-state index contributed by atoms with van der Waals surface area (Å²) in [5, 5.41) is 11.2. The molecule has 33 heavy (non-hydrogen) atoms. The van der Waals surface area contributed by atoms with E-state index in [9.17, 15) is 26.4 Å². The molecule has 3 rings (SSSR count). The van der Waals surface area contributed by atoms with Crippen LogP contribution in [0.1, 0.15) is 25.8 Å². The monoisotopic (exact) mass is 498 g/mol. The molecule has 1 heterocycles. The molecule has 2 atom stereocenters. The standard InChI is InChI=1S/C21H21F3N4O3S2/c1-3-13(2)17(28-33(30,31)16-11-7-10-15(12-16)21(22,23)24)18(29)25-20-27-26-19(32-20)14-8-5-4-6-9-14/h4-13,17,28H,3H2,1-2H3,(H,25,27,29)/t13-,17-/m1/s1. The fraction of sp³-hybridized carbons (Fsp3) is 0.286. The van der Waals surface area contributed by atoms with Gasteiger partial charge in [0, 0.05) is 5.56 Å². The number of alkyl halides is 3. The molecule has 0 radical (unpaired) electrons. The van der Waals surface area contributed by atoms with Gasteiger partial charge in [-0.2, -0.15) is 17.9 Å². The summed E-state index contributed by atoms with van der Waals surface area (Å²) in [4.78, 5) is 12.3. The van der Waals surface area contributed by atoms with Crippen LogP contribution >= 0.6 is 11.3 Å². The molecule has 0 unspecified atom stereocenters. The summed E-state index contributed by atoms with van der Waals surface area (Å²) < 4.78 is 66.9. The Kier molecular flexibility index (Phi) is 7.50. The SMILES string of the molecule is CC[C@@H](C)[C@@H](NS(=O)(=O)c1cccc(C(F)(F)F)c1)C(=O)Nc1nnc(-c2ccccc2)s1. The van der Waals surface area contributed by atoms with Crippen LogP contribution in [0.5, 0.6) is 0 Å². The number of rotatable bonds is 8. The molecule has 0 aliphatic rings. The van der Waals surface area contributed by atoms with E-state index in [0.29, 0.717) is 17.5 Å². The van der Waals surface area contributed by atoms with E-state index in [1.807, 2.05) is 30.3 Å². The predicted molar refractivity (Wildman–Crippen MR) is 119 cm³/mol. The van der Waals surface area contributed by atoms with Gasteiger partial charge in [0.25, 0.3) is 0 Å². The minimum absolute atomic E-state index is 0.172. The fourth-order valence-corrected chi connectivity index (χ4v) is 4.99. The first-order chi connectivity index (χ1) is 15.5. The van der Waals surface area contributed by atoms with Crippen molar-refractivity contribution in [3.05, 3.63) is 60.2 Å². The Balaban J connectivity index is 1.81. The molecule has 176 valence electrons. The van der Waals surface area contributed by atoms with Gasteiger partial charge in [-0.05, 0) is 24.1 Å². The molecule has 0 saturated heterocycles. The van der Waals surface area contributed by atoms with Crippen molar-refractivity contribution in [3.63, 3.8) is 0 Å². The maximum atomic E-state index is 13.0. The predicted octanol–water partition coefficient (Wildman–Crippen LogP) is 4.56. The van der Waals surface area contributed by atoms with Crippen molar-refractivity contribution < 1.29 is 26.4 Å². The number of sulfonamides is 1. The van der Waals surface area contributed by atoms with E-state index in [-0.39, 0.29) is 5.13 Å². The van der Waals surface area contributed by atoms with Gasteiger partial charge in [-0.25, -0.2) is 8.42 Å². The van der Waals surface area contributed by atoms with Gasteiger partial charge in [0.15, 0.2) is 0 Å². The van der Waals surface area contributed by atoms with Gasteiger partial charge in [0.1, 0.15) is 11.0 Å². The summed E-state index contributed by atoms with van der Waals surface area (Å²) in [6.07, 6.45) is -4.26. The molecular weight excluding hydrogens is 477 g/mol. The van der Waals surface area contributed by atoms with E-state index >= 15 is 0 Å². The molecule has 0 saturated carbocycles. The number of amides is 1.